The minimum absolute atomic E-state index is 0.0447. The van der Waals surface area contributed by atoms with E-state index in [9.17, 15) is 14.4 Å². The van der Waals surface area contributed by atoms with Gasteiger partial charge in [0, 0.05) is 13.3 Å². The van der Waals surface area contributed by atoms with Crippen LogP contribution in [-0.4, -0.2) is 28.5 Å². The molecule has 0 aromatic carbocycles. The van der Waals surface area contributed by atoms with Gasteiger partial charge in [0.2, 0.25) is 11.6 Å². The van der Waals surface area contributed by atoms with Crippen molar-refractivity contribution in [2.75, 3.05) is 0 Å². The van der Waals surface area contributed by atoms with E-state index in [4.69, 9.17) is 10.8 Å². The summed E-state index contributed by atoms with van der Waals surface area (Å²) in [6.45, 7) is 4.36. The number of Topliss-reactive ketones (excluding diaryl/α,β-unsaturated/α-hetero) is 3. The zero-order valence-electron chi connectivity index (χ0n) is 9.36. The molecule has 5 nitrogen and oxygen atoms in total. The summed E-state index contributed by atoms with van der Waals surface area (Å²) in [5.74, 6) is -2.43. The second kappa shape index (κ2) is 6.90. The van der Waals surface area contributed by atoms with Crippen molar-refractivity contribution in [2.45, 2.75) is 38.6 Å². The van der Waals surface area contributed by atoms with E-state index in [-0.39, 0.29) is 12.2 Å². The highest BCUT2D eigenvalue weighted by atomic mass is 16.3. The molecule has 1 unspecified atom stereocenters. The lowest BCUT2D eigenvalue weighted by Crippen LogP contribution is -2.23. The van der Waals surface area contributed by atoms with Crippen LogP contribution in [0.4, 0.5) is 0 Å². The van der Waals surface area contributed by atoms with Gasteiger partial charge in [0.25, 0.3) is 5.78 Å². The predicted octanol–water partition coefficient (Wildman–Crippen LogP) is 0.673. The van der Waals surface area contributed by atoms with E-state index in [1.54, 1.807) is 0 Å². The van der Waals surface area contributed by atoms with Crippen LogP contribution in [0.25, 0.3) is 0 Å². The van der Waals surface area contributed by atoms with Crippen molar-refractivity contribution in [3.05, 3.63) is 12.3 Å². The van der Waals surface area contributed by atoms with Crippen molar-refractivity contribution < 1.29 is 19.5 Å². The van der Waals surface area contributed by atoms with Crippen LogP contribution in [0.2, 0.25) is 0 Å². The lowest BCUT2D eigenvalue weighted by Gasteiger charge is -2.08. The van der Waals surface area contributed by atoms with Gasteiger partial charge < -0.3 is 10.8 Å². The SMILES string of the molecule is C=C(O)C(N)CCCCC(=O)C(=O)C(C)=O. The molecule has 0 aliphatic carbocycles. The van der Waals surface area contributed by atoms with Gasteiger partial charge in [-0.25, -0.2) is 0 Å². The maximum atomic E-state index is 11.1. The van der Waals surface area contributed by atoms with Crippen LogP contribution in [0.5, 0.6) is 0 Å². The van der Waals surface area contributed by atoms with Crippen molar-refractivity contribution in [2.24, 2.45) is 5.73 Å². The molecule has 0 fully saturated rings. The molecule has 0 aliphatic heterocycles. The van der Waals surface area contributed by atoms with E-state index in [0.29, 0.717) is 19.3 Å². The van der Waals surface area contributed by atoms with E-state index < -0.39 is 23.4 Å². The third-order valence-electron chi connectivity index (χ3n) is 2.17. The first kappa shape index (κ1) is 14.5. The zero-order valence-corrected chi connectivity index (χ0v) is 9.36. The van der Waals surface area contributed by atoms with Gasteiger partial charge in [0.05, 0.1) is 6.04 Å². The van der Waals surface area contributed by atoms with E-state index in [1.165, 1.54) is 0 Å². The number of aliphatic hydroxyl groups is 1. The number of hydrogen-bond donors (Lipinski definition) is 2. The summed E-state index contributed by atoms with van der Waals surface area (Å²) in [7, 11) is 0. The molecule has 3 N–H and O–H groups in total. The standard InChI is InChI=1S/C11H17NO4/c1-7(13)9(12)5-3-4-6-10(15)11(16)8(2)14/h9,13H,1,3-6,12H2,2H3. The summed E-state index contributed by atoms with van der Waals surface area (Å²) in [4.78, 5) is 32.6. The van der Waals surface area contributed by atoms with Gasteiger partial charge in [-0.3, -0.25) is 14.4 Å². The molecule has 0 amide bonds. The number of hydrogen-bond acceptors (Lipinski definition) is 5. The molecule has 0 heterocycles. The lowest BCUT2D eigenvalue weighted by molar-refractivity contribution is -0.143. The Balaban J connectivity index is 3.75. The molecule has 0 saturated heterocycles. The van der Waals surface area contributed by atoms with Gasteiger partial charge in [0.15, 0.2) is 0 Å². The van der Waals surface area contributed by atoms with Crippen LogP contribution >= 0.6 is 0 Å². The molecular formula is C11H17NO4. The Kier molecular flexibility index (Phi) is 6.25. The second-order valence-corrected chi connectivity index (χ2v) is 3.65. The summed E-state index contributed by atoms with van der Waals surface area (Å²) in [5, 5.41) is 8.91. The summed E-state index contributed by atoms with van der Waals surface area (Å²) in [6.07, 6.45) is 1.61. The molecule has 0 aromatic heterocycles. The average Bonchev–Trinajstić information content (AvgIpc) is 2.22. The Morgan fingerprint density at radius 3 is 2.31 bits per heavy atom. The second-order valence-electron chi connectivity index (χ2n) is 3.65. The van der Waals surface area contributed by atoms with Gasteiger partial charge >= 0.3 is 0 Å². The number of rotatable bonds is 8. The lowest BCUT2D eigenvalue weighted by atomic mass is 10.0. The zero-order chi connectivity index (χ0) is 12.7. The normalized spacial score (nSPS) is 11.9. The van der Waals surface area contributed by atoms with Crippen LogP contribution < -0.4 is 5.73 Å². The maximum Gasteiger partial charge on any atom is 0.263 e. The number of nitrogens with two attached hydrogens (primary N) is 1. The Hall–Kier alpha value is -1.49. The quantitative estimate of drug-likeness (QED) is 0.275. The first-order chi connectivity index (χ1) is 7.36. The third kappa shape index (κ3) is 5.41. The van der Waals surface area contributed by atoms with Crippen LogP contribution in [0.1, 0.15) is 32.6 Å². The topological polar surface area (TPSA) is 97.5 Å². The predicted molar refractivity (Wildman–Crippen MR) is 58.9 cm³/mol. The van der Waals surface area contributed by atoms with Gasteiger partial charge in [-0.15, -0.1) is 0 Å². The maximum absolute atomic E-state index is 11.1. The summed E-state index contributed by atoms with van der Waals surface area (Å²) >= 11 is 0. The highest BCUT2D eigenvalue weighted by Crippen LogP contribution is 2.06. The fraction of sp³-hybridized carbons (Fsp3) is 0.545. The summed E-state index contributed by atoms with van der Waals surface area (Å²) in [5.41, 5.74) is 5.49. The van der Waals surface area contributed by atoms with Crippen LogP contribution in [0.15, 0.2) is 12.3 Å². The number of carbonyl (C=O) groups excluding carboxylic acids is 3. The smallest absolute Gasteiger partial charge is 0.263 e. The molecule has 0 aliphatic rings. The Bertz CT molecular complexity index is 309. The Labute approximate surface area is 94.3 Å². The van der Waals surface area contributed by atoms with Gasteiger partial charge in [-0.2, -0.15) is 0 Å². The van der Waals surface area contributed by atoms with Crippen LogP contribution in [0, 0.1) is 0 Å². The molecule has 0 rings (SSSR count). The third-order valence-corrected chi connectivity index (χ3v) is 2.17. The first-order valence-corrected chi connectivity index (χ1v) is 5.07. The minimum Gasteiger partial charge on any atom is -0.511 e. The van der Waals surface area contributed by atoms with Gasteiger partial charge in [-0.05, 0) is 12.8 Å². The molecule has 0 spiro atoms. The van der Waals surface area contributed by atoms with Crippen molar-refractivity contribution in [1.29, 1.82) is 0 Å². The molecule has 90 valence electrons. The van der Waals surface area contributed by atoms with E-state index in [1.807, 2.05) is 0 Å². The molecule has 0 bridgehead atoms. The fourth-order valence-corrected chi connectivity index (χ4v) is 1.13. The highest BCUT2D eigenvalue weighted by molar-refractivity contribution is 6.63. The minimum atomic E-state index is -0.948. The largest absolute Gasteiger partial charge is 0.511 e. The van der Waals surface area contributed by atoms with E-state index in [0.717, 1.165) is 6.92 Å². The first-order valence-electron chi connectivity index (χ1n) is 5.07. The van der Waals surface area contributed by atoms with Gasteiger partial charge in [-0.1, -0.05) is 13.0 Å². The molecule has 0 aromatic rings. The van der Waals surface area contributed by atoms with E-state index in [2.05, 4.69) is 6.58 Å². The number of aliphatic hydroxyl groups excluding tert-OH is 1. The summed E-state index contributed by atoms with van der Waals surface area (Å²) < 4.78 is 0. The van der Waals surface area contributed by atoms with Crippen molar-refractivity contribution >= 4 is 17.3 Å². The molecule has 16 heavy (non-hydrogen) atoms. The summed E-state index contributed by atoms with van der Waals surface area (Å²) in [6, 6.07) is -0.501. The van der Waals surface area contributed by atoms with Gasteiger partial charge in [0.1, 0.15) is 5.76 Å². The fourth-order valence-electron chi connectivity index (χ4n) is 1.13. The number of carbonyl (C=O) groups is 3. The van der Waals surface area contributed by atoms with Crippen LogP contribution in [-0.2, 0) is 14.4 Å². The number of unbranched alkanes of at least 4 members (excludes halogenated alkanes) is 1. The highest BCUT2D eigenvalue weighted by Gasteiger charge is 2.17. The van der Waals surface area contributed by atoms with E-state index >= 15 is 0 Å². The monoisotopic (exact) mass is 227 g/mol. The van der Waals surface area contributed by atoms with Crippen molar-refractivity contribution in [1.82, 2.24) is 0 Å². The Morgan fingerprint density at radius 2 is 1.88 bits per heavy atom. The van der Waals surface area contributed by atoms with Crippen LogP contribution in [0.3, 0.4) is 0 Å². The molecule has 1 atom stereocenters. The van der Waals surface area contributed by atoms with Crippen molar-refractivity contribution in [3.8, 4) is 0 Å². The Morgan fingerprint density at radius 1 is 1.31 bits per heavy atom. The van der Waals surface area contributed by atoms with Crippen molar-refractivity contribution in [3.63, 3.8) is 0 Å². The average molecular weight is 227 g/mol. The molecule has 0 saturated carbocycles. The molecule has 0 radical (unpaired) electrons. The molecule has 5 heteroatoms. The molecular weight excluding hydrogens is 210 g/mol. The number of ketones is 3.